The third-order valence-electron chi connectivity index (χ3n) is 6.25. The lowest BCUT2D eigenvalue weighted by molar-refractivity contribution is 0.0473. The predicted octanol–water partition coefficient (Wildman–Crippen LogP) is 4.08. The summed E-state index contributed by atoms with van der Waals surface area (Å²) in [6.45, 7) is 0.720. The smallest absolute Gasteiger partial charge is 0.338 e. The molecule has 0 unspecified atom stereocenters. The number of rotatable bonds is 5. The van der Waals surface area contributed by atoms with Gasteiger partial charge in [0.1, 0.15) is 17.1 Å². The minimum Gasteiger partial charge on any atom is -0.457 e. The summed E-state index contributed by atoms with van der Waals surface area (Å²) >= 11 is 6.16. The normalized spacial score (nSPS) is 16.3. The van der Waals surface area contributed by atoms with E-state index in [1.165, 1.54) is 39.7 Å². The first-order valence-corrected chi connectivity index (χ1v) is 12.7. The van der Waals surface area contributed by atoms with Gasteiger partial charge in [-0.05, 0) is 73.6 Å². The molecule has 0 amide bonds. The molecule has 1 aliphatic carbocycles. The van der Waals surface area contributed by atoms with Crippen LogP contribution in [0.3, 0.4) is 0 Å². The van der Waals surface area contributed by atoms with E-state index >= 15 is 0 Å². The molecule has 33 heavy (non-hydrogen) atoms. The van der Waals surface area contributed by atoms with Crippen LogP contribution in [0.5, 0.6) is 0 Å². The average Bonchev–Trinajstić information content (AvgIpc) is 3.48. The van der Waals surface area contributed by atoms with E-state index in [-0.39, 0.29) is 22.1 Å². The number of sulfonamides is 1. The van der Waals surface area contributed by atoms with Crippen LogP contribution < -0.4 is 5.63 Å². The maximum Gasteiger partial charge on any atom is 0.338 e. The molecule has 2 aromatic carbocycles. The maximum atomic E-state index is 12.9. The van der Waals surface area contributed by atoms with E-state index in [1.807, 2.05) is 12.1 Å². The Labute approximate surface area is 196 Å². The summed E-state index contributed by atoms with van der Waals surface area (Å²) in [4.78, 5) is 24.7. The van der Waals surface area contributed by atoms with Crippen LogP contribution in [0.1, 0.15) is 46.3 Å². The van der Waals surface area contributed by atoms with Crippen molar-refractivity contribution in [3.8, 4) is 0 Å². The van der Waals surface area contributed by atoms with Crippen molar-refractivity contribution < 1.29 is 22.4 Å². The van der Waals surface area contributed by atoms with E-state index in [4.69, 9.17) is 20.8 Å². The molecule has 0 radical (unpaired) electrons. The largest absolute Gasteiger partial charge is 0.457 e. The van der Waals surface area contributed by atoms with Crippen molar-refractivity contribution in [1.29, 1.82) is 0 Å². The molecule has 5 rings (SSSR count). The standard InChI is InChI=1S/C24H22ClNO6S/c25-20-7-6-17(12-22(20)33(29,30)26-8-1-2-9-26)24(28)31-14-18-13-23(27)32-21-11-16-5-3-4-15(16)10-19(18)21/h6-7,10-13H,1-5,8-9,14H2. The Hall–Kier alpha value is -2.68. The summed E-state index contributed by atoms with van der Waals surface area (Å²) in [5, 5.41) is 0.787. The molecule has 0 spiro atoms. The first-order valence-electron chi connectivity index (χ1n) is 10.9. The van der Waals surface area contributed by atoms with E-state index in [2.05, 4.69) is 0 Å². The lowest BCUT2D eigenvalue weighted by Gasteiger charge is -2.17. The summed E-state index contributed by atoms with van der Waals surface area (Å²) in [5.41, 5.74) is 2.95. The van der Waals surface area contributed by atoms with Crippen molar-refractivity contribution in [3.05, 3.63) is 74.1 Å². The average molecular weight is 488 g/mol. The van der Waals surface area contributed by atoms with Gasteiger partial charge in [0.15, 0.2) is 0 Å². The molecular weight excluding hydrogens is 466 g/mol. The van der Waals surface area contributed by atoms with Crippen molar-refractivity contribution >= 4 is 38.6 Å². The Morgan fingerprint density at radius 1 is 1.03 bits per heavy atom. The third-order valence-corrected chi connectivity index (χ3v) is 8.63. The lowest BCUT2D eigenvalue weighted by atomic mass is 10.0. The van der Waals surface area contributed by atoms with Crippen molar-refractivity contribution in [2.45, 2.75) is 43.6 Å². The number of hydrogen-bond donors (Lipinski definition) is 0. The summed E-state index contributed by atoms with van der Waals surface area (Å²) in [5.74, 6) is -0.702. The van der Waals surface area contributed by atoms with E-state index in [1.54, 1.807) is 0 Å². The van der Waals surface area contributed by atoms with Gasteiger partial charge < -0.3 is 9.15 Å². The minimum atomic E-state index is -3.79. The molecule has 1 aliphatic heterocycles. The molecule has 2 heterocycles. The molecule has 3 aromatic rings. The second-order valence-corrected chi connectivity index (χ2v) is 10.7. The molecule has 0 bridgehead atoms. The van der Waals surface area contributed by atoms with E-state index in [0.29, 0.717) is 24.2 Å². The minimum absolute atomic E-state index is 0.0546. The van der Waals surface area contributed by atoms with Gasteiger partial charge in [0.05, 0.1) is 10.6 Å². The second kappa shape index (κ2) is 8.59. The molecule has 9 heteroatoms. The Balaban J connectivity index is 1.41. The van der Waals surface area contributed by atoms with Crippen LogP contribution in [0, 0.1) is 0 Å². The fourth-order valence-corrected chi connectivity index (χ4v) is 6.55. The fourth-order valence-electron chi connectivity index (χ4n) is 4.54. The monoisotopic (exact) mass is 487 g/mol. The Morgan fingerprint density at radius 2 is 1.76 bits per heavy atom. The summed E-state index contributed by atoms with van der Waals surface area (Å²) in [6.07, 6.45) is 4.55. The summed E-state index contributed by atoms with van der Waals surface area (Å²) < 4.78 is 38.0. The fraction of sp³-hybridized carbons (Fsp3) is 0.333. The summed E-state index contributed by atoms with van der Waals surface area (Å²) in [6, 6.07) is 9.27. The van der Waals surface area contributed by atoms with Gasteiger partial charge >= 0.3 is 11.6 Å². The van der Waals surface area contributed by atoms with Crippen molar-refractivity contribution in [3.63, 3.8) is 0 Å². The van der Waals surface area contributed by atoms with Crippen LogP contribution in [0.4, 0.5) is 0 Å². The summed E-state index contributed by atoms with van der Waals surface area (Å²) in [7, 11) is -3.79. The van der Waals surface area contributed by atoms with Crippen molar-refractivity contribution in [2.75, 3.05) is 13.1 Å². The van der Waals surface area contributed by atoms with Gasteiger partial charge in [-0.1, -0.05) is 11.6 Å². The van der Waals surface area contributed by atoms with Crippen LogP contribution in [0.25, 0.3) is 11.0 Å². The van der Waals surface area contributed by atoms with Gasteiger partial charge in [0.25, 0.3) is 0 Å². The Bertz CT molecular complexity index is 1420. The number of ether oxygens (including phenoxy) is 1. The van der Waals surface area contributed by atoms with E-state index in [0.717, 1.165) is 37.5 Å². The zero-order chi connectivity index (χ0) is 23.2. The number of carbonyl (C=O) groups excluding carboxylic acids is 1. The quantitative estimate of drug-likeness (QED) is 0.397. The van der Waals surface area contributed by atoms with Crippen LogP contribution in [-0.2, 0) is 34.2 Å². The molecule has 1 aromatic heterocycles. The molecular formula is C24H22ClNO6S. The highest BCUT2D eigenvalue weighted by atomic mass is 35.5. The number of hydrogen-bond acceptors (Lipinski definition) is 6. The van der Waals surface area contributed by atoms with Gasteiger partial charge in [-0.3, -0.25) is 0 Å². The third kappa shape index (κ3) is 4.18. The topological polar surface area (TPSA) is 93.9 Å². The molecule has 7 nitrogen and oxygen atoms in total. The zero-order valence-corrected chi connectivity index (χ0v) is 19.4. The number of aryl methyl sites for hydroxylation is 2. The first kappa shape index (κ1) is 22.1. The van der Waals surface area contributed by atoms with Gasteiger partial charge in [0.2, 0.25) is 10.0 Å². The van der Waals surface area contributed by atoms with Crippen LogP contribution in [0.15, 0.2) is 50.5 Å². The van der Waals surface area contributed by atoms with Crippen LogP contribution >= 0.6 is 11.6 Å². The zero-order valence-electron chi connectivity index (χ0n) is 17.8. The molecule has 2 aliphatic rings. The number of fused-ring (bicyclic) bond motifs is 2. The molecule has 172 valence electrons. The predicted molar refractivity (Wildman–Crippen MR) is 123 cm³/mol. The highest BCUT2D eigenvalue weighted by Gasteiger charge is 2.30. The molecule has 0 saturated carbocycles. The van der Waals surface area contributed by atoms with Crippen molar-refractivity contribution in [2.24, 2.45) is 0 Å². The highest BCUT2D eigenvalue weighted by Crippen LogP contribution is 2.30. The molecule has 1 saturated heterocycles. The number of halogens is 1. The van der Waals surface area contributed by atoms with Gasteiger partial charge in [-0.2, -0.15) is 4.31 Å². The molecule has 0 N–H and O–H groups in total. The van der Waals surface area contributed by atoms with Crippen molar-refractivity contribution in [1.82, 2.24) is 4.31 Å². The number of esters is 1. The second-order valence-electron chi connectivity index (χ2n) is 8.39. The van der Waals surface area contributed by atoms with E-state index < -0.39 is 21.6 Å². The van der Waals surface area contributed by atoms with E-state index in [9.17, 15) is 18.0 Å². The number of benzene rings is 2. The van der Waals surface area contributed by atoms with Gasteiger partial charge in [-0.25, -0.2) is 18.0 Å². The maximum absolute atomic E-state index is 12.9. The van der Waals surface area contributed by atoms with Gasteiger partial charge in [-0.15, -0.1) is 0 Å². The number of nitrogens with zero attached hydrogens (tertiary/aromatic N) is 1. The number of carbonyl (C=O) groups is 1. The van der Waals surface area contributed by atoms with Crippen LogP contribution in [0.2, 0.25) is 5.02 Å². The van der Waals surface area contributed by atoms with Crippen LogP contribution in [-0.4, -0.2) is 31.8 Å². The highest BCUT2D eigenvalue weighted by molar-refractivity contribution is 7.89. The molecule has 0 atom stereocenters. The SMILES string of the molecule is O=C(OCc1cc(=O)oc2cc3c(cc12)CCC3)c1ccc(Cl)c(S(=O)(=O)N2CCCC2)c1. The Morgan fingerprint density at radius 3 is 2.52 bits per heavy atom. The molecule has 1 fully saturated rings. The lowest BCUT2D eigenvalue weighted by Crippen LogP contribution is -2.28. The van der Waals surface area contributed by atoms with Gasteiger partial charge in [0, 0.05) is 30.1 Å². The Kier molecular flexibility index (Phi) is 5.76. The first-order chi connectivity index (χ1) is 15.8.